The first-order valence-electron chi connectivity index (χ1n) is 6.74. The molecule has 0 atom stereocenters. The molecule has 1 saturated heterocycles. The molecule has 0 N–H and O–H groups in total. The molecule has 0 aliphatic carbocycles. The first-order chi connectivity index (χ1) is 9.15. The molecule has 1 rings (SSSR count). The summed E-state index contributed by atoms with van der Waals surface area (Å²) in [4.78, 5) is 26.7. The molecule has 0 radical (unpaired) electrons. The number of methoxy groups -OCH3 is 2. The molecule has 6 heteroatoms. The number of piperazine rings is 1. The van der Waals surface area contributed by atoms with Crippen LogP contribution in [0.1, 0.15) is 19.3 Å². The largest absolute Gasteiger partial charge is 0.469 e. The van der Waals surface area contributed by atoms with Crippen LogP contribution in [0, 0.1) is 0 Å². The Morgan fingerprint density at radius 3 is 1.84 bits per heavy atom. The van der Waals surface area contributed by atoms with E-state index < -0.39 is 0 Å². The maximum Gasteiger partial charge on any atom is 0.306 e. The summed E-state index contributed by atoms with van der Waals surface area (Å²) >= 11 is 0. The molecule has 0 aromatic carbocycles. The first kappa shape index (κ1) is 15.9. The molecule has 1 heterocycles. The third-order valence-corrected chi connectivity index (χ3v) is 3.41. The SMILES string of the molecule is COC(=O)CCCN1CCN(CCC(=O)OC)CC1. The molecule has 19 heavy (non-hydrogen) atoms. The quantitative estimate of drug-likeness (QED) is 0.614. The fourth-order valence-electron chi connectivity index (χ4n) is 2.14. The number of nitrogens with zero attached hydrogens (tertiary/aromatic N) is 2. The smallest absolute Gasteiger partial charge is 0.306 e. The van der Waals surface area contributed by atoms with E-state index in [4.69, 9.17) is 0 Å². The molecule has 6 nitrogen and oxygen atoms in total. The van der Waals surface area contributed by atoms with Crippen molar-refractivity contribution in [3.63, 3.8) is 0 Å². The van der Waals surface area contributed by atoms with Crippen LogP contribution in [0.5, 0.6) is 0 Å². The average molecular weight is 272 g/mol. The summed E-state index contributed by atoms with van der Waals surface area (Å²) < 4.78 is 9.24. The number of esters is 2. The monoisotopic (exact) mass is 272 g/mol. The minimum atomic E-state index is -0.152. The van der Waals surface area contributed by atoms with Crippen molar-refractivity contribution in [3.8, 4) is 0 Å². The highest BCUT2D eigenvalue weighted by molar-refractivity contribution is 5.69. The zero-order chi connectivity index (χ0) is 14.1. The molecule has 1 aliphatic heterocycles. The van der Waals surface area contributed by atoms with E-state index in [2.05, 4.69) is 19.3 Å². The van der Waals surface area contributed by atoms with Gasteiger partial charge in [-0.2, -0.15) is 0 Å². The second-order valence-corrected chi connectivity index (χ2v) is 4.69. The highest BCUT2D eigenvalue weighted by atomic mass is 16.5. The number of carbonyl (C=O) groups excluding carboxylic acids is 2. The fourth-order valence-corrected chi connectivity index (χ4v) is 2.14. The van der Waals surface area contributed by atoms with Gasteiger partial charge in [-0.15, -0.1) is 0 Å². The van der Waals surface area contributed by atoms with E-state index in [1.165, 1.54) is 14.2 Å². The molecule has 0 unspecified atom stereocenters. The zero-order valence-corrected chi connectivity index (χ0v) is 11.9. The van der Waals surface area contributed by atoms with Crippen LogP contribution in [0.4, 0.5) is 0 Å². The van der Waals surface area contributed by atoms with Crippen LogP contribution in [0.25, 0.3) is 0 Å². The van der Waals surface area contributed by atoms with E-state index in [9.17, 15) is 9.59 Å². The Morgan fingerprint density at radius 2 is 1.32 bits per heavy atom. The molecular formula is C13H24N2O4. The van der Waals surface area contributed by atoms with Gasteiger partial charge >= 0.3 is 11.9 Å². The summed E-state index contributed by atoms with van der Waals surface area (Å²) in [5, 5.41) is 0. The van der Waals surface area contributed by atoms with Gasteiger partial charge in [-0.1, -0.05) is 0 Å². The Balaban J connectivity index is 2.08. The second-order valence-electron chi connectivity index (χ2n) is 4.69. The van der Waals surface area contributed by atoms with Crippen LogP contribution in [0.3, 0.4) is 0 Å². The molecule has 0 spiro atoms. The van der Waals surface area contributed by atoms with E-state index in [0.29, 0.717) is 12.8 Å². The molecule has 1 aliphatic rings. The van der Waals surface area contributed by atoms with Gasteiger partial charge in [0.25, 0.3) is 0 Å². The number of carbonyl (C=O) groups is 2. The van der Waals surface area contributed by atoms with E-state index in [-0.39, 0.29) is 11.9 Å². The number of rotatable bonds is 7. The van der Waals surface area contributed by atoms with Crippen molar-refractivity contribution < 1.29 is 19.1 Å². The number of hydrogen-bond donors (Lipinski definition) is 0. The normalized spacial score (nSPS) is 17.2. The van der Waals surface area contributed by atoms with E-state index in [1.807, 2.05) is 0 Å². The summed E-state index contributed by atoms with van der Waals surface area (Å²) in [6, 6.07) is 0. The lowest BCUT2D eigenvalue weighted by atomic mass is 10.2. The van der Waals surface area contributed by atoms with Gasteiger partial charge in [-0.3, -0.25) is 9.59 Å². The first-order valence-corrected chi connectivity index (χ1v) is 6.74. The van der Waals surface area contributed by atoms with Gasteiger partial charge in [0, 0.05) is 39.1 Å². The second kappa shape index (κ2) is 8.87. The molecule has 1 fully saturated rings. The van der Waals surface area contributed by atoms with Gasteiger partial charge in [-0.25, -0.2) is 0 Å². The van der Waals surface area contributed by atoms with E-state index in [1.54, 1.807) is 0 Å². The lowest BCUT2D eigenvalue weighted by molar-refractivity contribution is -0.141. The van der Waals surface area contributed by atoms with Crippen LogP contribution in [-0.2, 0) is 19.1 Å². The highest BCUT2D eigenvalue weighted by Gasteiger charge is 2.17. The molecular weight excluding hydrogens is 248 g/mol. The van der Waals surface area contributed by atoms with Crippen molar-refractivity contribution >= 4 is 11.9 Å². The van der Waals surface area contributed by atoms with Gasteiger partial charge in [0.2, 0.25) is 0 Å². The van der Waals surface area contributed by atoms with Gasteiger partial charge in [0.15, 0.2) is 0 Å². The van der Waals surface area contributed by atoms with E-state index in [0.717, 1.165) is 45.7 Å². The summed E-state index contributed by atoms with van der Waals surface area (Å²) in [7, 11) is 2.84. The Labute approximate surface area is 114 Å². The van der Waals surface area contributed by atoms with Gasteiger partial charge in [0.1, 0.15) is 0 Å². The summed E-state index contributed by atoms with van der Waals surface area (Å²) in [5.41, 5.74) is 0. The Kier molecular flexibility index (Phi) is 7.43. The topological polar surface area (TPSA) is 59.1 Å². The summed E-state index contributed by atoms with van der Waals surface area (Å²) in [6.45, 7) is 5.61. The molecule has 0 aromatic heterocycles. The van der Waals surface area contributed by atoms with Crippen molar-refractivity contribution in [2.24, 2.45) is 0 Å². The lowest BCUT2D eigenvalue weighted by Crippen LogP contribution is -2.47. The van der Waals surface area contributed by atoms with Gasteiger partial charge in [0.05, 0.1) is 20.6 Å². The molecule has 0 saturated carbocycles. The Bertz CT molecular complexity index is 288. The minimum absolute atomic E-state index is 0.142. The van der Waals surface area contributed by atoms with Crippen molar-refractivity contribution in [2.75, 3.05) is 53.5 Å². The minimum Gasteiger partial charge on any atom is -0.469 e. The van der Waals surface area contributed by atoms with Crippen molar-refractivity contribution in [1.29, 1.82) is 0 Å². The molecule has 0 amide bonds. The fraction of sp³-hybridized carbons (Fsp3) is 0.846. The molecule has 0 aromatic rings. The Morgan fingerprint density at radius 1 is 0.842 bits per heavy atom. The highest BCUT2D eigenvalue weighted by Crippen LogP contribution is 2.05. The van der Waals surface area contributed by atoms with Gasteiger partial charge < -0.3 is 19.3 Å². The molecule has 0 bridgehead atoms. The van der Waals surface area contributed by atoms with Crippen LogP contribution in [-0.4, -0.2) is 75.2 Å². The van der Waals surface area contributed by atoms with Crippen molar-refractivity contribution in [1.82, 2.24) is 9.80 Å². The molecule has 110 valence electrons. The van der Waals surface area contributed by atoms with Crippen LogP contribution < -0.4 is 0 Å². The Hall–Kier alpha value is -1.14. The van der Waals surface area contributed by atoms with Crippen LogP contribution in [0.2, 0.25) is 0 Å². The third kappa shape index (κ3) is 6.54. The number of hydrogen-bond acceptors (Lipinski definition) is 6. The maximum absolute atomic E-state index is 11.0. The maximum atomic E-state index is 11.0. The summed E-state index contributed by atoms with van der Waals surface area (Å²) in [6.07, 6.45) is 1.78. The predicted molar refractivity (Wildman–Crippen MR) is 70.8 cm³/mol. The lowest BCUT2D eigenvalue weighted by Gasteiger charge is -2.34. The number of ether oxygens (including phenoxy) is 2. The van der Waals surface area contributed by atoms with Gasteiger partial charge in [-0.05, 0) is 13.0 Å². The standard InChI is InChI=1S/C13H24N2O4/c1-18-12(16)4-3-6-14-8-10-15(11-9-14)7-5-13(17)19-2/h3-11H2,1-2H3. The van der Waals surface area contributed by atoms with Crippen LogP contribution in [0.15, 0.2) is 0 Å². The average Bonchev–Trinajstić information content (AvgIpc) is 2.45. The van der Waals surface area contributed by atoms with Crippen molar-refractivity contribution in [2.45, 2.75) is 19.3 Å². The zero-order valence-electron chi connectivity index (χ0n) is 11.9. The summed E-state index contributed by atoms with van der Waals surface area (Å²) in [5.74, 6) is -0.294. The predicted octanol–water partition coefficient (Wildman–Crippen LogP) is 0.120. The van der Waals surface area contributed by atoms with Crippen molar-refractivity contribution in [3.05, 3.63) is 0 Å². The third-order valence-electron chi connectivity index (χ3n) is 3.41. The van der Waals surface area contributed by atoms with E-state index >= 15 is 0 Å². The van der Waals surface area contributed by atoms with Crippen LogP contribution >= 0.6 is 0 Å².